The van der Waals surface area contributed by atoms with Crippen LogP contribution in [0.15, 0.2) is 12.3 Å². The Labute approximate surface area is 176 Å². The van der Waals surface area contributed by atoms with Gasteiger partial charge in [0.05, 0.1) is 10.0 Å². The number of rotatable bonds is 2. The van der Waals surface area contributed by atoms with Crippen LogP contribution in [-0.2, 0) is 4.79 Å². The summed E-state index contributed by atoms with van der Waals surface area (Å²) in [5.74, 6) is 1.37. The molecular weight excluding hydrogens is 418 g/mol. The molecule has 3 fully saturated rings. The maximum atomic E-state index is 12.8. The van der Waals surface area contributed by atoms with Crippen molar-refractivity contribution in [3.8, 4) is 0 Å². The van der Waals surface area contributed by atoms with Crippen LogP contribution in [0, 0.1) is 11.3 Å². The van der Waals surface area contributed by atoms with Gasteiger partial charge in [-0.1, -0.05) is 23.2 Å². The Hall–Kier alpha value is -0.460. The number of anilines is 1. The third kappa shape index (κ3) is 4.17. The van der Waals surface area contributed by atoms with Gasteiger partial charge < -0.3 is 15.1 Å². The average Bonchev–Trinajstić information content (AvgIpc) is 3.28. The quantitative estimate of drug-likeness (QED) is 0.764. The van der Waals surface area contributed by atoms with E-state index in [-0.39, 0.29) is 30.7 Å². The molecule has 1 saturated carbocycles. The first-order valence-corrected chi connectivity index (χ1v) is 9.40. The van der Waals surface area contributed by atoms with E-state index in [0.29, 0.717) is 21.4 Å². The van der Waals surface area contributed by atoms with Crippen molar-refractivity contribution in [2.45, 2.75) is 19.3 Å². The zero-order valence-electron chi connectivity index (χ0n) is 14.4. The first-order valence-electron chi connectivity index (χ1n) is 8.65. The second-order valence-corrected chi connectivity index (χ2v) is 7.98. The van der Waals surface area contributed by atoms with Crippen molar-refractivity contribution in [3.63, 3.8) is 0 Å². The third-order valence-electron chi connectivity index (χ3n) is 5.77. The molecule has 3 heterocycles. The Morgan fingerprint density at radius 1 is 1.15 bits per heavy atom. The second kappa shape index (κ2) is 8.70. The number of nitrogens with zero attached hydrogens (tertiary/aromatic N) is 3. The molecule has 1 aromatic rings. The maximum absolute atomic E-state index is 12.8. The molecule has 0 bridgehead atoms. The van der Waals surface area contributed by atoms with Crippen LogP contribution in [0.2, 0.25) is 10.0 Å². The first kappa shape index (κ1) is 21.8. The minimum atomic E-state index is 0. The summed E-state index contributed by atoms with van der Waals surface area (Å²) < 4.78 is 0. The summed E-state index contributed by atoms with van der Waals surface area (Å²) in [5.41, 5.74) is 0.306. The second-order valence-electron chi connectivity index (χ2n) is 7.14. The predicted octanol–water partition coefficient (Wildman–Crippen LogP) is 3.27. The highest BCUT2D eigenvalue weighted by atomic mass is 35.5. The Kier molecular flexibility index (Phi) is 7.30. The smallest absolute Gasteiger partial charge is 0.226 e. The summed E-state index contributed by atoms with van der Waals surface area (Å²) in [4.78, 5) is 21.3. The van der Waals surface area contributed by atoms with Gasteiger partial charge in [0, 0.05) is 38.3 Å². The van der Waals surface area contributed by atoms with Gasteiger partial charge in [-0.25, -0.2) is 4.98 Å². The third-order valence-corrected chi connectivity index (χ3v) is 6.25. The lowest BCUT2D eigenvalue weighted by atomic mass is 9.91. The van der Waals surface area contributed by atoms with Gasteiger partial charge in [0.1, 0.15) is 5.82 Å². The lowest BCUT2D eigenvalue weighted by Crippen LogP contribution is -2.50. The molecule has 1 spiro atoms. The number of carbonyl (C=O) groups is 1. The fraction of sp³-hybridized carbons (Fsp3) is 0.647. The normalized spacial score (nSPS) is 23.8. The molecule has 1 amide bonds. The standard InChI is InChI=1S/C17H22Cl2N4O.2ClH/c18-12-9-14(19)15(21-11-12)22-5-7-23(8-6-22)16(24)13-10-17(13)1-3-20-4-2-17;;/h9,11,13,20H,1-8,10H2;2*1H. The molecule has 1 N–H and O–H groups in total. The van der Waals surface area contributed by atoms with E-state index in [1.54, 1.807) is 12.3 Å². The topological polar surface area (TPSA) is 48.5 Å². The summed E-state index contributed by atoms with van der Waals surface area (Å²) in [7, 11) is 0. The molecule has 5 nitrogen and oxygen atoms in total. The average molecular weight is 442 g/mol. The number of piperidine rings is 1. The number of pyridine rings is 1. The van der Waals surface area contributed by atoms with Crippen LogP contribution in [0.5, 0.6) is 0 Å². The molecule has 0 aromatic carbocycles. The number of hydrogen-bond donors (Lipinski definition) is 1. The van der Waals surface area contributed by atoms with Crippen LogP contribution in [0.25, 0.3) is 0 Å². The number of halogens is 4. The van der Waals surface area contributed by atoms with E-state index in [4.69, 9.17) is 23.2 Å². The van der Waals surface area contributed by atoms with E-state index >= 15 is 0 Å². The van der Waals surface area contributed by atoms with Crippen LogP contribution in [0.4, 0.5) is 5.82 Å². The number of nitrogens with one attached hydrogen (secondary N) is 1. The Morgan fingerprint density at radius 3 is 2.42 bits per heavy atom. The van der Waals surface area contributed by atoms with Gasteiger partial charge in [-0.15, -0.1) is 24.8 Å². The van der Waals surface area contributed by atoms with Crippen LogP contribution in [0.3, 0.4) is 0 Å². The molecule has 1 unspecified atom stereocenters. The number of aromatic nitrogens is 1. The summed E-state index contributed by atoms with van der Waals surface area (Å²) in [6, 6.07) is 1.72. The van der Waals surface area contributed by atoms with Crippen molar-refractivity contribution >= 4 is 59.7 Å². The van der Waals surface area contributed by atoms with E-state index in [0.717, 1.165) is 64.3 Å². The highest BCUT2D eigenvalue weighted by molar-refractivity contribution is 6.36. The predicted molar refractivity (Wildman–Crippen MR) is 110 cm³/mol. The molecule has 1 atom stereocenters. The van der Waals surface area contributed by atoms with Crippen molar-refractivity contribution in [1.29, 1.82) is 0 Å². The Balaban J connectivity index is 0.00000121. The number of carbonyl (C=O) groups excluding carboxylic acids is 1. The van der Waals surface area contributed by atoms with Gasteiger partial charge in [0.25, 0.3) is 0 Å². The Morgan fingerprint density at radius 2 is 1.81 bits per heavy atom. The molecule has 146 valence electrons. The zero-order valence-corrected chi connectivity index (χ0v) is 17.6. The largest absolute Gasteiger partial charge is 0.352 e. The molecule has 1 aliphatic carbocycles. The number of amides is 1. The van der Waals surface area contributed by atoms with E-state index in [9.17, 15) is 4.79 Å². The first-order chi connectivity index (χ1) is 11.6. The SMILES string of the molecule is Cl.Cl.O=C(C1CC12CCNCC2)N1CCN(c2ncc(Cl)cc2Cl)CC1. The van der Waals surface area contributed by atoms with E-state index in [1.807, 2.05) is 4.90 Å². The van der Waals surface area contributed by atoms with E-state index in [1.165, 1.54) is 0 Å². The molecule has 1 aromatic heterocycles. The fourth-order valence-corrected chi connectivity index (χ4v) is 4.67. The van der Waals surface area contributed by atoms with Crippen molar-refractivity contribution in [2.24, 2.45) is 11.3 Å². The van der Waals surface area contributed by atoms with Crippen molar-refractivity contribution < 1.29 is 4.79 Å². The molecule has 3 aliphatic rings. The monoisotopic (exact) mass is 440 g/mol. The highest BCUT2D eigenvalue weighted by Crippen LogP contribution is 2.59. The van der Waals surface area contributed by atoms with Crippen LogP contribution in [0.1, 0.15) is 19.3 Å². The summed E-state index contributed by atoms with van der Waals surface area (Å²) in [5, 5.41) is 4.50. The van der Waals surface area contributed by atoms with E-state index in [2.05, 4.69) is 15.2 Å². The van der Waals surface area contributed by atoms with Gasteiger partial charge in [-0.3, -0.25) is 4.79 Å². The number of piperazine rings is 1. The van der Waals surface area contributed by atoms with Crippen LogP contribution < -0.4 is 10.2 Å². The lowest BCUT2D eigenvalue weighted by molar-refractivity contribution is -0.133. The molecule has 9 heteroatoms. The van der Waals surface area contributed by atoms with Crippen molar-refractivity contribution in [2.75, 3.05) is 44.2 Å². The minimum absolute atomic E-state index is 0. The summed E-state index contributed by atoms with van der Waals surface area (Å²) >= 11 is 12.2. The zero-order chi connectivity index (χ0) is 16.7. The Bertz CT molecular complexity index is 646. The van der Waals surface area contributed by atoms with Gasteiger partial charge >= 0.3 is 0 Å². The van der Waals surface area contributed by atoms with Crippen LogP contribution in [-0.4, -0.2) is 55.1 Å². The molecule has 26 heavy (non-hydrogen) atoms. The maximum Gasteiger partial charge on any atom is 0.226 e. The van der Waals surface area contributed by atoms with Gasteiger partial charge in [-0.2, -0.15) is 0 Å². The summed E-state index contributed by atoms with van der Waals surface area (Å²) in [6.07, 6.45) is 4.99. The van der Waals surface area contributed by atoms with Crippen molar-refractivity contribution in [3.05, 3.63) is 22.3 Å². The fourth-order valence-electron chi connectivity index (χ4n) is 4.17. The van der Waals surface area contributed by atoms with Gasteiger partial charge in [0.2, 0.25) is 5.91 Å². The van der Waals surface area contributed by atoms with E-state index < -0.39 is 0 Å². The molecule has 2 aliphatic heterocycles. The highest BCUT2D eigenvalue weighted by Gasteiger charge is 2.58. The van der Waals surface area contributed by atoms with Gasteiger partial charge in [-0.05, 0) is 43.8 Å². The molecule has 2 saturated heterocycles. The molecular formula is C17H24Cl4N4O. The van der Waals surface area contributed by atoms with Gasteiger partial charge in [0.15, 0.2) is 0 Å². The van der Waals surface area contributed by atoms with Crippen LogP contribution >= 0.6 is 48.0 Å². The minimum Gasteiger partial charge on any atom is -0.352 e. The molecule has 0 radical (unpaired) electrons. The van der Waals surface area contributed by atoms with Crippen molar-refractivity contribution in [1.82, 2.24) is 15.2 Å². The summed E-state index contributed by atoms with van der Waals surface area (Å²) in [6.45, 7) is 5.12. The lowest BCUT2D eigenvalue weighted by Gasteiger charge is -2.36. The number of hydrogen-bond acceptors (Lipinski definition) is 4. The molecule has 4 rings (SSSR count).